The van der Waals surface area contributed by atoms with Crippen molar-refractivity contribution in [3.05, 3.63) is 65.7 Å². The molecule has 0 aliphatic heterocycles. The van der Waals surface area contributed by atoms with Crippen LogP contribution in [0.25, 0.3) is 0 Å². The van der Waals surface area contributed by atoms with E-state index in [-0.39, 0.29) is 75.7 Å². The van der Waals surface area contributed by atoms with Gasteiger partial charge in [-0.15, -0.1) is 0 Å². The summed E-state index contributed by atoms with van der Waals surface area (Å²) in [5.41, 5.74) is 28.8. The van der Waals surface area contributed by atoms with Crippen LogP contribution in [0.2, 0.25) is 0 Å². The van der Waals surface area contributed by atoms with E-state index < -0.39 is 84.7 Å². The smallest absolute Gasteiger partial charge is 0.326 e. The molecule has 62 heavy (non-hydrogen) atoms. The molecule has 2 aromatic rings. The molecule has 0 aromatic heterocycles. The zero-order chi connectivity index (χ0) is 46.0. The summed E-state index contributed by atoms with van der Waals surface area (Å²) in [6, 6.07) is 8.80. The maximum Gasteiger partial charge on any atom is 0.326 e. The highest BCUT2D eigenvalue weighted by Gasteiger charge is 2.31. The van der Waals surface area contributed by atoms with E-state index in [1.807, 2.05) is 0 Å². The van der Waals surface area contributed by atoms with Crippen LogP contribution >= 0.6 is 11.8 Å². The third-order valence-corrected chi connectivity index (χ3v) is 9.56. The van der Waals surface area contributed by atoms with E-state index in [9.17, 15) is 43.8 Å². The van der Waals surface area contributed by atoms with Crippen molar-refractivity contribution in [1.29, 1.82) is 0 Å². The molecule has 2 aromatic carbocycles. The topological polar surface area (TPSA) is 387 Å². The highest BCUT2D eigenvalue weighted by atomic mass is 32.2. The Balaban J connectivity index is 2.16. The molecule has 23 heteroatoms. The highest BCUT2D eigenvalue weighted by Crippen LogP contribution is 2.12. The summed E-state index contributed by atoms with van der Waals surface area (Å²) in [5.74, 6) is -5.60. The lowest BCUT2D eigenvalue weighted by atomic mass is 10.0. The number of aliphatic imine (C=N–C) groups is 2. The molecular formula is C39H59N13O9S. The molecule has 0 fully saturated rings. The van der Waals surface area contributed by atoms with Gasteiger partial charge < -0.3 is 70.8 Å². The van der Waals surface area contributed by atoms with Crippen molar-refractivity contribution in [2.75, 3.05) is 38.2 Å². The number of thioether (sulfide) groups is 1. The molecule has 0 unspecified atom stereocenters. The zero-order valence-corrected chi connectivity index (χ0v) is 35.3. The van der Waals surface area contributed by atoms with Gasteiger partial charge in [-0.2, -0.15) is 11.8 Å². The predicted octanol–water partition coefficient (Wildman–Crippen LogP) is -3.38. The van der Waals surface area contributed by atoms with E-state index in [1.165, 1.54) is 23.9 Å². The molecule has 0 saturated carbocycles. The first-order chi connectivity index (χ1) is 29.5. The molecule has 2 rings (SSSR count). The van der Waals surface area contributed by atoms with Gasteiger partial charge >= 0.3 is 5.97 Å². The first-order valence-corrected chi connectivity index (χ1v) is 21.0. The fraction of sp³-hybridized carbons (Fsp3) is 0.462. The van der Waals surface area contributed by atoms with E-state index in [0.29, 0.717) is 16.9 Å². The molecule has 0 aliphatic carbocycles. The molecule has 5 atom stereocenters. The quantitative estimate of drug-likeness (QED) is 0.0225. The Morgan fingerprint density at radius 3 is 1.66 bits per heavy atom. The van der Waals surface area contributed by atoms with Crippen molar-refractivity contribution < 1.29 is 43.8 Å². The largest absolute Gasteiger partial charge is 0.508 e. The average molecular weight is 886 g/mol. The Bertz CT molecular complexity index is 1840. The lowest BCUT2D eigenvalue weighted by molar-refractivity contribution is -0.142. The van der Waals surface area contributed by atoms with Gasteiger partial charge in [-0.1, -0.05) is 42.5 Å². The fourth-order valence-corrected chi connectivity index (χ4v) is 6.15. The van der Waals surface area contributed by atoms with Crippen LogP contribution in [0.5, 0.6) is 5.75 Å². The summed E-state index contributed by atoms with van der Waals surface area (Å²) in [4.78, 5) is 99.1. The van der Waals surface area contributed by atoms with Crippen molar-refractivity contribution in [2.45, 2.75) is 75.2 Å². The number of aromatic hydroxyl groups is 1. The number of carbonyl (C=O) groups excluding carboxylic acids is 6. The highest BCUT2D eigenvalue weighted by molar-refractivity contribution is 7.98. The van der Waals surface area contributed by atoms with Gasteiger partial charge in [0.2, 0.25) is 35.4 Å². The first-order valence-electron chi connectivity index (χ1n) is 19.6. The number of nitrogens with zero attached hydrogens (tertiary/aromatic N) is 2. The van der Waals surface area contributed by atoms with Gasteiger partial charge in [0.1, 0.15) is 29.9 Å². The van der Waals surface area contributed by atoms with Crippen molar-refractivity contribution in [1.82, 2.24) is 31.9 Å². The monoisotopic (exact) mass is 885 g/mol. The molecule has 0 bridgehead atoms. The van der Waals surface area contributed by atoms with Crippen LogP contribution in [0.4, 0.5) is 0 Å². The molecular weight excluding hydrogens is 827 g/mol. The van der Waals surface area contributed by atoms with Gasteiger partial charge in [-0.05, 0) is 73.8 Å². The number of rotatable bonds is 28. The number of amides is 6. The van der Waals surface area contributed by atoms with Crippen molar-refractivity contribution in [3.8, 4) is 5.75 Å². The number of nitrogens with two attached hydrogens (primary N) is 5. The summed E-state index contributed by atoms with van der Waals surface area (Å²) in [6.07, 6.45) is 2.45. The zero-order valence-electron chi connectivity index (χ0n) is 34.5. The number of hydrogen-bond acceptors (Lipinski definition) is 12. The second-order valence-corrected chi connectivity index (χ2v) is 15.0. The number of carboxylic acid groups (broad SMARTS) is 1. The normalized spacial score (nSPS) is 13.1. The van der Waals surface area contributed by atoms with Gasteiger partial charge in [0.05, 0.1) is 19.1 Å². The fourth-order valence-electron chi connectivity index (χ4n) is 5.68. The van der Waals surface area contributed by atoms with Crippen LogP contribution in [-0.4, -0.2) is 132 Å². The van der Waals surface area contributed by atoms with Crippen LogP contribution in [0, 0.1) is 0 Å². The first kappa shape index (κ1) is 51.5. The standard InChI is InChI=1S/C39H59N13O9S/c1-62-18-15-28(35(58)50-27(9-5-16-45-38(41)42)34(57)52-29(37(60)61)10-6-17-46-39(43)44)51-36(59)30(20-23-7-3-2-4-8-23)49-32(55)22-47-31(54)21-48-33(56)26(40)19-24-11-13-25(53)14-12-24/h2-4,7-8,11-14,26-30,53H,5-6,9-10,15-22,40H2,1H3,(H,47,54)(H,48,56)(H,49,55)(H,50,58)(H,51,59)(H,52,57)(H,60,61)(H4,41,42,45)(H4,43,44,46)/t26-,27-,28-,29-,30-/m0/s1. The lowest BCUT2D eigenvalue weighted by Gasteiger charge is -2.26. The predicted molar refractivity (Wildman–Crippen MR) is 234 cm³/mol. The number of carbonyl (C=O) groups is 7. The van der Waals surface area contributed by atoms with Crippen molar-refractivity contribution >= 4 is 65.1 Å². The van der Waals surface area contributed by atoms with Gasteiger partial charge in [0.15, 0.2) is 11.9 Å². The minimum absolute atomic E-state index is 0.00616. The summed E-state index contributed by atoms with van der Waals surface area (Å²) in [6.45, 7) is -0.829. The van der Waals surface area contributed by atoms with Crippen molar-refractivity contribution in [2.24, 2.45) is 38.7 Å². The molecule has 0 spiro atoms. The second kappa shape index (κ2) is 28.0. The number of carboxylic acids is 1. The average Bonchev–Trinajstić information content (AvgIpc) is 3.23. The number of phenolic OH excluding ortho intramolecular Hbond substituents is 1. The maximum absolute atomic E-state index is 13.9. The molecule has 22 nitrogen and oxygen atoms in total. The van der Waals surface area contributed by atoms with Crippen LogP contribution in [0.15, 0.2) is 64.6 Å². The molecule has 0 saturated heterocycles. The molecule has 0 aliphatic rings. The molecule has 340 valence electrons. The summed E-state index contributed by atoms with van der Waals surface area (Å²) in [7, 11) is 0. The Morgan fingerprint density at radius 1 is 0.613 bits per heavy atom. The summed E-state index contributed by atoms with van der Waals surface area (Å²) < 4.78 is 0. The molecule has 18 N–H and O–H groups in total. The number of nitrogens with one attached hydrogen (secondary N) is 6. The SMILES string of the molecule is CSCC[C@H](NC(=O)[C@H](Cc1ccccc1)NC(=O)CNC(=O)CNC(=O)[C@@H](N)Cc1ccc(O)cc1)C(=O)N[C@@H](CCCN=C(N)N)C(=O)N[C@@H](CCCN=C(N)N)C(=O)O. The third-order valence-electron chi connectivity index (χ3n) is 8.91. The maximum atomic E-state index is 13.9. The lowest BCUT2D eigenvalue weighted by Crippen LogP contribution is -2.58. The van der Waals surface area contributed by atoms with Gasteiger partial charge in [0.25, 0.3) is 0 Å². The minimum atomic E-state index is -1.34. The van der Waals surface area contributed by atoms with E-state index in [1.54, 1.807) is 48.7 Å². The Labute approximate surface area is 363 Å². The number of aliphatic carboxylic acids is 1. The van der Waals surface area contributed by atoms with Gasteiger partial charge in [-0.25, -0.2) is 4.79 Å². The summed E-state index contributed by atoms with van der Waals surface area (Å²) >= 11 is 1.39. The Morgan fingerprint density at radius 2 is 1.11 bits per heavy atom. The third kappa shape index (κ3) is 21.1. The van der Waals surface area contributed by atoms with Crippen LogP contribution in [-0.2, 0) is 46.4 Å². The van der Waals surface area contributed by atoms with Crippen LogP contribution in [0.1, 0.15) is 43.2 Å². The number of guanidine groups is 2. The Hall–Kier alpha value is -6.62. The molecule has 0 radical (unpaired) electrons. The number of hydrogen-bond donors (Lipinski definition) is 13. The van der Waals surface area contributed by atoms with Gasteiger partial charge in [-0.3, -0.25) is 38.8 Å². The summed E-state index contributed by atoms with van der Waals surface area (Å²) in [5, 5.41) is 34.4. The van der Waals surface area contributed by atoms with Crippen LogP contribution in [0.3, 0.4) is 0 Å². The van der Waals surface area contributed by atoms with E-state index in [2.05, 4.69) is 41.9 Å². The van der Waals surface area contributed by atoms with Gasteiger partial charge in [0, 0.05) is 19.5 Å². The van der Waals surface area contributed by atoms with E-state index in [0.717, 1.165) is 0 Å². The molecule has 0 heterocycles. The number of benzene rings is 2. The Kier molecular flexibility index (Phi) is 23.3. The van der Waals surface area contributed by atoms with Crippen molar-refractivity contribution in [3.63, 3.8) is 0 Å². The second-order valence-electron chi connectivity index (χ2n) is 14.0. The minimum Gasteiger partial charge on any atom is -0.508 e. The van der Waals surface area contributed by atoms with E-state index in [4.69, 9.17) is 28.7 Å². The van der Waals surface area contributed by atoms with Crippen LogP contribution < -0.4 is 60.6 Å². The number of phenols is 1. The molecule has 6 amide bonds. The van der Waals surface area contributed by atoms with E-state index >= 15 is 0 Å².